The first-order valence-electron chi connectivity index (χ1n) is 6.55. The van der Waals surface area contributed by atoms with Crippen LogP contribution in [0.5, 0.6) is 0 Å². The van der Waals surface area contributed by atoms with Crippen LogP contribution in [-0.4, -0.2) is 11.5 Å². The van der Waals surface area contributed by atoms with Gasteiger partial charge in [0, 0.05) is 12.1 Å². The molecule has 2 nitrogen and oxygen atoms in total. The topological polar surface area (TPSA) is 38.0 Å². The van der Waals surface area contributed by atoms with Crippen molar-refractivity contribution < 1.29 is 4.39 Å². The molecule has 0 saturated heterocycles. The minimum atomic E-state index is -0.208. The first kappa shape index (κ1) is 15.7. The molecule has 0 aliphatic heterocycles. The standard InChI is InChI=1S/C16H16ClFN2S/c1-10-8-13(18)4-2-11(10)6-7-20-15-5-3-12(16(19)21)9-14(15)17/h2-5,8-9,20H,6-7H2,1H3,(H2,19,21). The summed E-state index contributed by atoms with van der Waals surface area (Å²) in [6, 6.07) is 10.3. The molecule has 2 aromatic rings. The van der Waals surface area contributed by atoms with E-state index in [4.69, 9.17) is 29.6 Å². The molecule has 0 aliphatic rings. The molecule has 0 aromatic heterocycles. The molecule has 110 valence electrons. The first-order chi connectivity index (χ1) is 9.97. The summed E-state index contributed by atoms with van der Waals surface area (Å²) < 4.78 is 13.0. The molecule has 3 N–H and O–H groups in total. The van der Waals surface area contributed by atoms with Gasteiger partial charge in [0.1, 0.15) is 10.8 Å². The Bertz CT molecular complexity index is 673. The largest absolute Gasteiger partial charge is 0.389 e. The maximum Gasteiger partial charge on any atom is 0.123 e. The Labute approximate surface area is 134 Å². The van der Waals surface area contributed by atoms with Crippen LogP contribution in [0.15, 0.2) is 36.4 Å². The predicted octanol–water partition coefficient (Wildman–Crippen LogP) is 4.08. The van der Waals surface area contributed by atoms with Crippen molar-refractivity contribution in [3.63, 3.8) is 0 Å². The van der Waals surface area contributed by atoms with E-state index in [0.29, 0.717) is 16.6 Å². The fraction of sp³-hybridized carbons (Fsp3) is 0.188. The number of hydrogen-bond acceptors (Lipinski definition) is 2. The lowest BCUT2D eigenvalue weighted by Gasteiger charge is -2.11. The summed E-state index contributed by atoms with van der Waals surface area (Å²) in [4.78, 5) is 0.324. The summed E-state index contributed by atoms with van der Waals surface area (Å²) in [6.45, 7) is 2.61. The normalized spacial score (nSPS) is 10.4. The third kappa shape index (κ3) is 4.16. The van der Waals surface area contributed by atoms with E-state index < -0.39 is 0 Å². The summed E-state index contributed by atoms with van der Waals surface area (Å²) >= 11 is 11.1. The van der Waals surface area contributed by atoms with Crippen LogP contribution in [0.2, 0.25) is 5.02 Å². The fourth-order valence-electron chi connectivity index (χ4n) is 2.08. The van der Waals surface area contributed by atoms with Gasteiger partial charge in [-0.3, -0.25) is 0 Å². The zero-order valence-electron chi connectivity index (χ0n) is 11.6. The van der Waals surface area contributed by atoms with E-state index in [1.165, 1.54) is 6.07 Å². The van der Waals surface area contributed by atoms with Crippen LogP contribution in [0.4, 0.5) is 10.1 Å². The second-order valence-corrected chi connectivity index (χ2v) is 5.65. The number of thiocarbonyl (C=S) groups is 1. The van der Waals surface area contributed by atoms with Crippen LogP contribution in [0, 0.1) is 12.7 Å². The monoisotopic (exact) mass is 322 g/mol. The van der Waals surface area contributed by atoms with Gasteiger partial charge in [0.25, 0.3) is 0 Å². The second-order valence-electron chi connectivity index (χ2n) is 4.81. The summed E-state index contributed by atoms with van der Waals surface area (Å²) in [6.07, 6.45) is 0.791. The molecule has 0 aliphatic carbocycles. The van der Waals surface area contributed by atoms with Gasteiger partial charge in [-0.25, -0.2) is 4.39 Å². The highest BCUT2D eigenvalue weighted by molar-refractivity contribution is 7.80. The minimum Gasteiger partial charge on any atom is -0.389 e. The van der Waals surface area contributed by atoms with E-state index >= 15 is 0 Å². The first-order valence-corrected chi connectivity index (χ1v) is 7.34. The van der Waals surface area contributed by atoms with Crippen molar-refractivity contribution in [3.05, 3.63) is 63.9 Å². The van der Waals surface area contributed by atoms with E-state index in [1.807, 2.05) is 25.1 Å². The maximum atomic E-state index is 13.0. The van der Waals surface area contributed by atoms with Crippen molar-refractivity contribution in [2.24, 2.45) is 5.73 Å². The summed E-state index contributed by atoms with van der Waals surface area (Å²) in [5, 5.41) is 3.84. The van der Waals surface area contributed by atoms with E-state index in [0.717, 1.165) is 28.8 Å². The van der Waals surface area contributed by atoms with Crippen LogP contribution >= 0.6 is 23.8 Å². The summed E-state index contributed by atoms with van der Waals surface area (Å²) in [7, 11) is 0. The Kier molecular flexibility index (Phi) is 5.15. The molecule has 0 fully saturated rings. The van der Waals surface area contributed by atoms with Gasteiger partial charge in [0.2, 0.25) is 0 Å². The lowest BCUT2D eigenvalue weighted by molar-refractivity contribution is 0.625. The highest BCUT2D eigenvalue weighted by atomic mass is 35.5. The van der Waals surface area contributed by atoms with E-state index in [2.05, 4.69) is 5.32 Å². The number of aryl methyl sites for hydroxylation is 1. The Balaban J connectivity index is 1.99. The molecule has 0 bridgehead atoms. The number of anilines is 1. The molecule has 2 rings (SSSR count). The van der Waals surface area contributed by atoms with Gasteiger partial charge in [0.05, 0.1) is 10.7 Å². The van der Waals surface area contributed by atoms with Crippen molar-refractivity contribution in [3.8, 4) is 0 Å². The van der Waals surface area contributed by atoms with Gasteiger partial charge in [0.15, 0.2) is 0 Å². The van der Waals surface area contributed by atoms with E-state index in [9.17, 15) is 4.39 Å². The molecular formula is C16H16ClFN2S. The number of hydrogen-bond donors (Lipinski definition) is 2. The molecule has 0 saturated carbocycles. The third-order valence-electron chi connectivity index (χ3n) is 3.27. The molecule has 2 aromatic carbocycles. The number of halogens is 2. The predicted molar refractivity (Wildman–Crippen MR) is 90.7 cm³/mol. The van der Waals surface area contributed by atoms with Crippen molar-refractivity contribution in [2.75, 3.05) is 11.9 Å². The van der Waals surface area contributed by atoms with Gasteiger partial charge in [-0.05, 0) is 54.8 Å². The Morgan fingerprint density at radius 3 is 2.67 bits per heavy atom. The molecule has 5 heteroatoms. The maximum absolute atomic E-state index is 13.0. The SMILES string of the molecule is Cc1cc(F)ccc1CCNc1ccc(C(N)=S)cc1Cl. The molecule has 0 spiro atoms. The number of nitrogens with two attached hydrogens (primary N) is 1. The number of benzene rings is 2. The zero-order chi connectivity index (χ0) is 15.4. The highest BCUT2D eigenvalue weighted by Crippen LogP contribution is 2.23. The number of nitrogens with one attached hydrogen (secondary N) is 1. The van der Waals surface area contributed by atoms with Crippen molar-refractivity contribution in [2.45, 2.75) is 13.3 Å². The number of rotatable bonds is 5. The molecule has 0 heterocycles. The summed E-state index contributed by atoms with van der Waals surface area (Å²) in [5.41, 5.74) is 9.20. The lowest BCUT2D eigenvalue weighted by atomic mass is 10.1. The molecule has 0 amide bonds. The molecule has 0 radical (unpaired) electrons. The highest BCUT2D eigenvalue weighted by Gasteiger charge is 2.04. The van der Waals surface area contributed by atoms with Crippen LogP contribution in [-0.2, 0) is 6.42 Å². The average Bonchev–Trinajstić information content (AvgIpc) is 2.42. The van der Waals surface area contributed by atoms with Gasteiger partial charge in [-0.15, -0.1) is 0 Å². The smallest absolute Gasteiger partial charge is 0.123 e. The van der Waals surface area contributed by atoms with Crippen LogP contribution < -0.4 is 11.1 Å². The Morgan fingerprint density at radius 1 is 1.29 bits per heavy atom. The van der Waals surface area contributed by atoms with Crippen LogP contribution in [0.1, 0.15) is 16.7 Å². The van der Waals surface area contributed by atoms with E-state index in [-0.39, 0.29) is 5.82 Å². The van der Waals surface area contributed by atoms with Gasteiger partial charge in [-0.2, -0.15) is 0 Å². The quantitative estimate of drug-likeness (QED) is 0.815. The molecule has 0 unspecified atom stereocenters. The van der Waals surface area contributed by atoms with E-state index in [1.54, 1.807) is 12.1 Å². The Morgan fingerprint density at radius 2 is 2.05 bits per heavy atom. The zero-order valence-corrected chi connectivity index (χ0v) is 13.2. The van der Waals surface area contributed by atoms with Crippen molar-refractivity contribution in [1.82, 2.24) is 0 Å². The van der Waals surface area contributed by atoms with Crippen molar-refractivity contribution >= 4 is 34.5 Å². The molecule has 21 heavy (non-hydrogen) atoms. The van der Waals surface area contributed by atoms with Gasteiger partial charge in [-0.1, -0.05) is 29.9 Å². The third-order valence-corrected chi connectivity index (χ3v) is 3.82. The van der Waals surface area contributed by atoms with Gasteiger partial charge < -0.3 is 11.1 Å². The second kappa shape index (κ2) is 6.87. The molecule has 0 atom stereocenters. The fourth-order valence-corrected chi connectivity index (χ4v) is 2.46. The Hall–Kier alpha value is -1.65. The molecular weight excluding hydrogens is 307 g/mol. The summed E-state index contributed by atoms with van der Waals surface area (Å²) in [5.74, 6) is -0.208. The van der Waals surface area contributed by atoms with Gasteiger partial charge >= 0.3 is 0 Å². The minimum absolute atomic E-state index is 0.208. The average molecular weight is 323 g/mol. The van der Waals surface area contributed by atoms with Crippen molar-refractivity contribution in [1.29, 1.82) is 0 Å². The van der Waals surface area contributed by atoms with Crippen LogP contribution in [0.3, 0.4) is 0 Å². The lowest BCUT2D eigenvalue weighted by Crippen LogP contribution is -2.10. The van der Waals surface area contributed by atoms with Crippen LogP contribution in [0.25, 0.3) is 0 Å².